The van der Waals surface area contributed by atoms with Gasteiger partial charge in [-0.3, -0.25) is 14.9 Å². The van der Waals surface area contributed by atoms with Crippen LogP contribution in [0.4, 0.5) is 18.9 Å². The number of benzene rings is 1. The van der Waals surface area contributed by atoms with E-state index in [2.05, 4.69) is 4.98 Å². The molecule has 0 amide bonds. The fraction of sp³-hybridized carbons (Fsp3) is 0.118. The first kappa shape index (κ1) is 21.0. The summed E-state index contributed by atoms with van der Waals surface area (Å²) in [5, 5.41) is 11.7. The average molecular weight is 443 g/mol. The minimum atomic E-state index is -4.96. The summed E-state index contributed by atoms with van der Waals surface area (Å²) in [6.45, 7) is -0.0124. The third-order valence-electron chi connectivity index (χ3n) is 3.82. The van der Waals surface area contributed by atoms with E-state index in [4.69, 9.17) is 16.3 Å². The Morgan fingerprint density at radius 2 is 1.93 bits per heavy atom. The van der Waals surface area contributed by atoms with Gasteiger partial charge in [0.1, 0.15) is 28.9 Å². The van der Waals surface area contributed by atoms with E-state index in [9.17, 15) is 32.9 Å². The van der Waals surface area contributed by atoms with E-state index in [1.807, 2.05) is 0 Å². The van der Waals surface area contributed by atoms with Crippen LogP contribution < -0.4 is 16.0 Å². The maximum Gasteiger partial charge on any atom is 0.431 e. The molecule has 1 aromatic carbocycles. The number of aromatic nitrogens is 3. The monoisotopic (exact) mass is 442 g/mol. The molecule has 1 N–H and O–H groups in total. The number of nitro groups is 1. The highest BCUT2D eigenvalue weighted by molar-refractivity contribution is 6.29. The van der Waals surface area contributed by atoms with Crippen LogP contribution in [0.1, 0.15) is 11.3 Å². The number of rotatable bonds is 5. The lowest BCUT2D eigenvalue weighted by Crippen LogP contribution is -2.36. The van der Waals surface area contributed by atoms with Gasteiger partial charge in [0, 0.05) is 17.8 Å². The second-order valence-corrected chi connectivity index (χ2v) is 6.23. The zero-order chi connectivity index (χ0) is 22.1. The summed E-state index contributed by atoms with van der Waals surface area (Å²) in [6, 6.07) is 6.49. The van der Waals surface area contributed by atoms with Crippen molar-refractivity contribution in [1.82, 2.24) is 14.5 Å². The number of hydrogen-bond donors (Lipinski definition) is 1. The van der Waals surface area contributed by atoms with Gasteiger partial charge in [0.2, 0.25) is 0 Å². The first-order chi connectivity index (χ1) is 14.1. The van der Waals surface area contributed by atoms with E-state index in [0.717, 1.165) is 12.1 Å². The number of H-pyrrole nitrogens is 1. The summed E-state index contributed by atoms with van der Waals surface area (Å²) in [5.74, 6) is 0.0248. The summed E-state index contributed by atoms with van der Waals surface area (Å²) in [5.41, 5.74) is -5.03. The van der Waals surface area contributed by atoms with Gasteiger partial charge in [-0.15, -0.1) is 0 Å². The Kier molecular flexibility index (Phi) is 5.60. The first-order valence-electron chi connectivity index (χ1n) is 8.02. The van der Waals surface area contributed by atoms with E-state index in [1.165, 1.54) is 23.3 Å². The van der Waals surface area contributed by atoms with Crippen molar-refractivity contribution >= 4 is 17.3 Å². The predicted molar refractivity (Wildman–Crippen MR) is 97.9 cm³/mol. The van der Waals surface area contributed by atoms with Crippen molar-refractivity contribution in [2.75, 3.05) is 0 Å². The Hall–Kier alpha value is -3.67. The molecule has 9 nitrogen and oxygen atoms in total. The average Bonchev–Trinajstić information content (AvgIpc) is 2.66. The van der Waals surface area contributed by atoms with Crippen LogP contribution in [0.3, 0.4) is 0 Å². The van der Waals surface area contributed by atoms with Crippen molar-refractivity contribution in [3.8, 4) is 11.4 Å². The predicted octanol–water partition coefficient (Wildman–Crippen LogP) is 3.08. The van der Waals surface area contributed by atoms with Crippen LogP contribution in [0.2, 0.25) is 5.15 Å². The summed E-state index contributed by atoms with van der Waals surface area (Å²) in [7, 11) is 0. The summed E-state index contributed by atoms with van der Waals surface area (Å²) < 4.78 is 43.9. The van der Waals surface area contributed by atoms with Crippen LogP contribution in [-0.4, -0.2) is 19.5 Å². The molecule has 0 radical (unpaired) electrons. The highest BCUT2D eigenvalue weighted by atomic mass is 35.5. The molecule has 0 spiro atoms. The lowest BCUT2D eigenvalue weighted by Gasteiger charge is -2.11. The number of nitro benzene ring substituents is 1. The molecule has 30 heavy (non-hydrogen) atoms. The van der Waals surface area contributed by atoms with Gasteiger partial charge in [-0.25, -0.2) is 14.3 Å². The van der Waals surface area contributed by atoms with Gasteiger partial charge in [0.25, 0.3) is 11.2 Å². The van der Waals surface area contributed by atoms with Crippen LogP contribution in [0, 0.1) is 10.1 Å². The highest BCUT2D eigenvalue weighted by Crippen LogP contribution is 2.28. The highest BCUT2D eigenvalue weighted by Gasteiger charge is 2.33. The molecule has 3 rings (SSSR count). The Morgan fingerprint density at radius 3 is 2.50 bits per heavy atom. The lowest BCUT2D eigenvalue weighted by molar-refractivity contribution is -0.384. The molecule has 0 saturated heterocycles. The number of nitrogens with zero attached hydrogens (tertiary/aromatic N) is 3. The zero-order valence-corrected chi connectivity index (χ0v) is 15.4. The van der Waals surface area contributed by atoms with E-state index >= 15 is 0 Å². The summed E-state index contributed by atoms with van der Waals surface area (Å²) in [6.07, 6.45) is -3.52. The largest absolute Gasteiger partial charge is 0.489 e. The first-order valence-corrected chi connectivity index (χ1v) is 8.39. The Labute approximate surface area is 169 Å². The van der Waals surface area contributed by atoms with E-state index < -0.39 is 39.4 Å². The van der Waals surface area contributed by atoms with Crippen molar-refractivity contribution in [3.05, 3.63) is 90.0 Å². The minimum Gasteiger partial charge on any atom is -0.489 e. The number of alkyl halides is 3. The molecular weight excluding hydrogens is 433 g/mol. The normalized spacial score (nSPS) is 11.3. The molecule has 0 aliphatic heterocycles. The van der Waals surface area contributed by atoms with E-state index in [0.29, 0.717) is 5.56 Å². The molecule has 13 heteroatoms. The fourth-order valence-corrected chi connectivity index (χ4v) is 2.57. The molecule has 0 saturated carbocycles. The van der Waals surface area contributed by atoms with Gasteiger partial charge in [-0.05, 0) is 18.2 Å². The second kappa shape index (κ2) is 7.99. The van der Waals surface area contributed by atoms with Crippen molar-refractivity contribution in [3.63, 3.8) is 0 Å². The van der Waals surface area contributed by atoms with Gasteiger partial charge < -0.3 is 9.72 Å². The van der Waals surface area contributed by atoms with Crippen LogP contribution in [0.5, 0.6) is 5.75 Å². The van der Waals surface area contributed by atoms with Crippen molar-refractivity contribution in [2.24, 2.45) is 0 Å². The Bertz CT molecular complexity index is 1190. The molecule has 156 valence electrons. The molecule has 2 heterocycles. The van der Waals surface area contributed by atoms with Crippen molar-refractivity contribution in [1.29, 1.82) is 0 Å². The van der Waals surface area contributed by atoms with Crippen molar-refractivity contribution < 1.29 is 22.8 Å². The van der Waals surface area contributed by atoms with E-state index in [-0.39, 0.29) is 28.1 Å². The molecule has 0 aliphatic rings. The van der Waals surface area contributed by atoms with Crippen LogP contribution in [0.25, 0.3) is 5.69 Å². The van der Waals surface area contributed by atoms with Gasteiger partial charge in [-0.2, -0.15) is 13.2 Å². The number of aromatic amines is 1. The second-order valence-electron chi connectivity index (χ2n) is 5.85. The van der Waals surface area contributed by atoms with Crippen LogP contribution in [-0.2, 0) is 12.8 Å². The van der Waals surface area contributed by atoms with Gasteiger partial charge in [-0.1, -0.05) is 17.7 Å². The SMILES string of the molecule is O=c1cc(C(F)(F)F)[nH]c(=O)n1-c1ccc(OCc2ccc(Cl)nc2)cc1[N+](=O)[O-]. The van der Waals surface area contributed by atoms with Gasteiger partial charge in [0.05, 0.1) is 11.0 Å². The number of pyridine rings is 1. The fourth-order valence-electron chi connectivity index (χ4n) is 2.46. The maximum absolute atomic E-state index is 12.7. The number of halogens is 4. The molecule has 0 fully saturated rings. The van der Waals surface area contributed by atoms with Crippen LogP contribution >= 0.6 is 11.6 Å². The standard InChI is InChI=1S/C17H10ClF3N4O5/c18-14-4-1-9(7-22-14)8-30-10-2-3-11(12(5-10)25(28)29)24-15(26)6-13(17(19,20)21)23-16(24)27/h1-7H,8H2,(H,23,27). The third kappa shape index (κ3) is 4.49. The topological polar surface area (TPSA) is 120 Å². The lowest BCUT2D eigenvalue weighted by atomic mass is 10.2. The summed E-state index contributed by atoms with van der Waals surface area (Å²) in [4.78, 5) is 40.0. The molecule has 0 bridgehead atoms. The smallest absolute Gasteiger partial charge is 0.431 e. The van der Waals surface area contributed by atoms with Gasteiger partial charge >= 0.3 is 11.9 Å². The minimum absolute atomic E-state index is 0.0124. The Balaban J connectivity index is 1.98. The maximum atomic E-state index is 12.7. The molecule has 0 atom stereocenters. The van der Waals surface area contributed by atoms with Crippen LogP contribution in [0.15, 0.2) is 52.2 Å². The van der Waals surface area contributed by atoms with Crippen molar-refractivity contribution in [2.45, 2.75) is 12.8 Å². The summed E-state index contributed by atoms with van der Waals surface area (Å²) >= 11 is 5.68. The zero-order valence-electron chi connectivity index (χ0n) is 14.6. The quantitative estimate of drug-likeness (QED) is 0.368. The third-order valence-corrected chi connectivity index (χ3v) is 4.04. The molecule has 2 aromatic heterocycles. The number of hydrogen-bond acceptors (Lipinski definition) is 6. The molecular formula is C17H10ClF3N4O5. The number of nitrogens with one attached hydrogen (secondary N) is 1. The number of ether oxygens (including phenoxy) is 1. The van der Waals surface area contributed by atoms with E-state index in [1.54, 1.807) is 6.07 Å². The molecule has 0 unspecified atom stereocenters. The molecule has 3 aromatic rings. The molecule has 0 aliphatic carbocycles. The Morgan fingerprint density at radius 1 is 1.20 bits per heavy atom. The van der Waals surface area contributed by atoms with Gasteiger partial charge in [0.15, 0.2) is 0 Å².